The minimum absolute atomic E-state index is 0.0860. The van der Waals surface area contributed by atoms with Crippen LogP contribution in [0.2, 0.25) is 0 Å². The topological polar surface area (TPSA) is 61.4 Å². The normalized spacial score (nSPS) is 14.8. The second kappa shape index (κ2) is 8.90. The summed E-state index contributed by atoms with van der Waals surface area (Å²) in [7, 11) is 0. The van der Waals surface area contributed by atoms with E-state index in [1.807, 2.05) is 30.3 Å². The average molecular weight is 393 g/mol. The van der Waals surface area contributed by atoms with Crippen LogP contribution in [-0.4, -0.2) is 53.5 Å². The van der Waals surface area contributed by atoms with Gasteiger partial charge in [0.2, 0.25) is 11.9 Å². The van der Waals surface area contributed by atoms with Crippen molar-refractivity contribution < 1.29 is 18.0 Å². The van der Waals surface area contributed by atoms with Gasteiger partial charge in [-0.25, -0.2) is 9.97 Å². The molecular weight excluding hydrogens is 371 g/mol. The van der Waals surface area contributed by atoms with Crippen molar-refractivity contribution in [1.29, 1.82) is 0 Å². The lowest BCUT2D eigenvalue weighted by atomic mass is 10.2. The molecule has 0 atom stereocenters. The van der Waals surface area contributed by atoms with Crippen LogP contribution in [0.5, 0.6) is 0 Å². The molecule has 1 saturated heterocycles. The average Bonchev–Trinajstić information content (AvgIpc) is 2.71. The van der Waals surface area contributed by atoms with Crippen molar-refractivity contribution in [2.45, 2.75) is 19.0 Å². The number of alkyl halides is 3. The highest BCUT2D eigenvalue weighted by atomic mass is 19.4. The Morgan fingerprint density at radius 2 is 1.68 bits per heavy atom. The fourth-order valence-corrected chi connectivity index (χ4v) is 2.97. The second-order valence-electron chi connectivity index (χ2n) is 6.53. The summed E-state index contributed by atoms with van der Waals surface area (Å²) in [6.45, 7) is 2.73. The first-order valence-electron chi connectivity index (χ1n) is 9.14. The number of hydrogen-bond acceptors (Lipinski definition) is 5. The molecule has 0 saturated carbocycles. The highest BCUT2D eigenvalue weighted by Gasteiger charge is 2.32. The van der Waals surface area contributed by atoms with Gasteiger partial charge in [0.25, 0.3) is 0 Å². The summed E-state index contributed by atoms with van der Waals surface area (Å²) in [5, 5.41) is 3.27. The molecule has 9 heteroatoms. The van der Waals surface area contributed by atoms with Crippen molar-refractivity contribution in [2.24, 2.45) is 0 Å². The van der Waals surface area contributed by atoms with E-state index in [4.69, 9.17) is 0 Å². The van der Waals surface area contributed by atoms with Crippen LogP contribution >= 0.6 is 0 Å². The maximum atomic E-state index is 12.6. The number of rotatable bonds is 6. The predicted octanol–water partition coefficient (Wildman–Crippen LogP) is 3.04. The molecule has 2 heterocycles. The zero-order valence-electron chi connectivity index (χ0n) is 15.3. The minimum atomic E-state index is -4.45. The standard InChI is InChI=1S/C19H22F3N5O/c20-19(21,22)15-13-24-18(25-14-15)27-11-9-26(10-12-27)17(28)7-4-8-23-16-5-2-1-3-6-16/h1-3,5-6,13-14,23H,4,7-12H2. The third kappa shape index (κ3) is 5.34. The highest BCUT2D eigenvalue weighted by Crippen LogP contribution is 2.28. The Hall–Kier alpha value is -2.84. The number of halogens is 3. The smallest absolute Gasteiger partial charge is 0.385 e. The molecule has 1 N–H and O–H groups in total. The van der Waals surface area contributed by atoms with Gasteiger partial charge < -0.3 is 15.1 Å². The number of aromatic nitrogens is 2. The first-order chi connectivity index (χ1) is 13.4. The second-order valence-corrected chi connectivity index (χ2v) is 6.53. The summed E-state index contributed by atoms with van der Waals surface area (Å²) in [5.41, 5.74) is 0.161. The monoisotopic (exact) mass is 393 g/mol. The highest BCUT2D eigenvalue weighted by molar-refractivity contribution is 5.76. The Bertz CT molecular complexity index is 759. The van der Waals surface area contributed by atoms with E-state index in [1.165, 1.54) is 0 Å². The summed E-state index contributed by atoms with van der Waals surface area (Å²) in [6.07, 6.45) is -1.68. The van der Waals surface area contributed by atoms with Crippen molar-refractivity contribution in [3.05, 3.63) is 48.3 Å². The third-order valence-corrected chi connectivity index (χ3v) is 4.55. The minimum Gasteiger partial charge on any atom is -0.385 e. The van der Waals surface area contributed by atoms with E-state index >= 15 is 0 Å². The first kappa shape index (κ1) is 19.9. The van der Waals surface area contributed by atoms with Crippen LogP contribution in [0.1, 0.15) is 18.4 Å². The maximum absolute atomic E-state index is 12.6. The van der Waals surface area contributed by atoms with E-state index < -0.39 is 11.7 Å². The van der Waals surface area contributed by atoms with Crippen LogP contribution < -0.4 is 10.2 Å². The number of hydrogen-bond donors (Lipinski definition) is 1. The van der Waals surface area contributed by atoms with Crippen LogP contribution in [0.15, 0.2) is 42.7 Å². The van der Waals surface area contributed by atoms with E-state index in [1.54, 1.807) is 9.80 Å². The molecule has 0 radical (unpaired) electrons. The quantitative estimate of drug-likeness (QED) is 0.765. The summed E-state index contributed by atoms with van der Waals surface area (Å²) < 4.78 is 37.8. The van der Waals surface area contributed by atoms with Gasteiger partial charge in [0.1, 0.15) is 0 Å². The van der Waals surface area contributed by atoms with E-state index in [0.29, 0.717) is 32.6 Å². The number of amides is 1. The molecule has 150 valence electrons. The number of nitrogens with one attached hydrogen (secondary N) is 1. The van der Waals surface area contributed by atoms with Crippen LogP contribution in [0.4, 0.5) is 24.8 Å². The van der Waals surface area contributed by atoms with E-state index in [-0.39, 0.29) is 11.9 Å². The zero-order valence-corrected chi connectivity index (χ0v) is 15.3. The number of anilines is 2. The van der Waals surface area contributed by atoms with Crippen LogP contribution in [-0.2, 0) is 11.0 Å². The SMILES string of the molecule is O=C(CCCNc1ccccc1)N1CCN(c2ncc(C(F)(F)F)cn2)CC1. The fraction of sp³-hybridized carbons (Fsp3) is 0.421. The van der Waals surface area contributed by atoms with E-state index in [0.717, 1.165) is 31.0 Å². The number of benzene rings is 1. The van der Waals surface area contributed by atoms with Crippen LogP contribution in [0.25, 0.3) is 0 Å². The van der Waals surface area contributed by atoms with Crippen molar-refractivity contribution in [3.63, 3.8) is 0 Å². The molecule has 1 amide bonds. The fourth-order valence-electron chi connectivity index (χ4n) is 2.97. The van der Waals surface area contributed by atoms with Gasteiger partial charge in [0, 0.05) is 57.2 Å². The molecule has 1 aromatic carbocycles. The molecule has 28 heavy (non-hydrogen) atoms. The molecule has 1 aliphatic rings. The Labute approximate surface area is 161 Å². The maximum Gasteiger partial charge on any atom is 0.419 e. The Morgan fingerprint density at radius 3 is 2.29 bits per heavy atom. The van der Waals surface area contributed by atoms with Gasteiger partial charge in [-0.1, -0.05) is 18.2 Å². The summed E-state index contributed by atoms with van der Waals surface area (Å²) >= 11 is 0. The Morgan fingerprint density at radius 1 is 1.04 bits per heavy atom. The lowest BCUT2D eigenvalue weighted by Crippen LogP contribution is -2.49. The number of carbonyl (C=O) groups excluding carboxylic acids is 1. The van der Waals surface area contributed by atoms with E-state index in [9.17, 15) is 18.0 Å². The molecule has 0 unspecified atom stereocenters. The molecule has 3 rings (SSSR count). The van der Waals surface area contributed by atoms with Gasteiger partial charge in [-0.3, -0.25) is 4.79 Å². The van der Waals surface area contributed by atoms with Crippen molar-refractivity contribution in [3.8, 4) is 0 Å². The predicted molar refractivity (Wildman–Crippen MR) is 100.0 cm³/mol. The van der Waals surface area contributed by atoms with Gasteiger partial charge in [-0.05, 0) is 18.6 Å². The van der Waals surface area contributed by atoms with Gasteiger partial charge in [-0.2, -0.15) is 13.2 Å². The molecule has 1 fully saturated rings. The number of carbonyl (C=O) groups is 1. The van der Waals surface area contributed by atoms with Gasteiger partial charge in [0.05, 0.1) is 5.56 Å². The molecule has 2 aromatic rings. The van der Waals surface area contributed by atoms with Crippen molar-refractivity contribution >= 4 is 17.5 Å². The molecule has 0 bridgehead atoms. The van der Waals surface area contributed by atoms with E-state index in [2.05, 4.69) is 15.3 Å². The third-order valence-electron chi connectivity index (χ3n) is 4.55. The molecule has 0 spiro atoms. The Kier molecular flexibility index (Phi) is 6.33. The van der Waals surface area contributed by atoms with Crippen LogP contribution in [0.3, 0.4) is 0 Å². The molecule has 6 nitrogen and oxygen atoms in total. The zero-order chi connectivity index (χ0) is 20.0. The largest absolute Gasteiger partial charge is 0.419 e. The summed E-state index contributed by atoms with van der Waals surface area (Å²) in [6, 6.07) is 9.81. The molecule has 1 aliphatic heterocycles. The Balaban J connectivity index is 1.40. The van der Waals surface area contributed by atoms with Crippen LogP contribution in [0, 0.1) is 0 Å². The van der Waals surface area contributed by atoms with Crippen molar-refractivity contribution in [2.75, 3.05) is 42.9 Å². The summed E-state index contributed by atoms with van der Waals surface area (Å²) in [4.78, 5) is 23.5. The number of piperazine rings is 1. The lowest BCUT2D eigenvalue weighted by Gasteiger charge is -2.34. The lowest BCUT2D eigenvalue weighted by molar-refractivity contribution is -0.138. The molecule has 1 aromatic heterocycles. The van der Waals surface area contributed by atoms with Crippen molar-refractivity contribution in [1.82, 2.24) is 14.9 Å². The van der Waals surface area contributed by atoms with Gasteiger partial charge in [0.15, 0.2) is 0 Å². The molecular formula is C19H22F3N5O. The summed E-state index contributed by atoms with van der Waals surface area (Å²) in [5.74, 6) is 0.343. The van der Waals surface area contributed by atoms with Gasteiger partial charge in [-0.15, -0.1) is 0 Å². The first-order valence-corrected chi connectivity index (χ1v) is 9.14. The number of nitrogens with zero attached hydrogens (tertiary/aromatic N) is 4. The number of para-hydroxylation sites is 1. The molecule has 0 aliphatic carbocycles. The van der Waals surface area contributed by atoms with Gasteiger partial charge >= 0.3 is 6.18 Å².